The van der Waals surface area contributed by atoms with Crippen LogP contribution in [0.3, 0.4) is 0 Å². The lowest BCUT2D eigenvalue weighted by Crippen LogP contribution is -2.26. The molecule has 9 heteroatoms. The minimum atomic E-state index is -0.283. The van der Waals surface area contributed by atoms with Crippen LogP contribution in [0.25, 0.3) is 11.3 Å². The predicted molar refractivity (Wildman–Crippen MR) is 117 cm³/mol. The van der Waals surface area contributed by atoms with Crippen LogP contribution in [0.1, 0.15) is 56.8 Å². The van der Waals surface area contributed by atoms with E-state index in [0.29, 0.717) is 32.4 Å². The molecule has 0 aliphatic carbocycles. The molecule has 3 aromatic rings. The van der Waals surface area contributed by atoms with E-state index in [9.17, 15) is 4.79 Å². The van der Waals surface area contributed by atoms with Crippen LogP contribution in [-0.2, 0) is 12.1 Å². The Hall–Kier alpha value is -2.45. The van der Waals surface area contributed by atoms with Crippen LogP contribution in [0.5, 0.6) is 0 Å². The molecule has 2 heterocycles. The van der Waals surface area contributed by atoms with Gasteiger partial charge in [0.05, 0.1) is 22.7 Å². The number of carbonyl (C=O) groups is 1. The first-order valence-corrected chi connectivity index (χ1v) is 10.2. The van der Waals surface area contributed by atoms with Gasteiger partial charge in [0.1, 0.15) is 5.69 Å². The number of hydrogen-bond donors (Lipinski definition) is 2. The maximum atomic E-state index is 13.1. The van der Waals surface area contributed by atoms with Crippen molar-refractivity contribution < 1.29 is 4.79 Å². The second-order valence-electron chi connectivity index (χ2n) is 8.08. The van der Waals surface area contributed by atoms with Crippen molar-refractivity contribution in [1.82, 2.24) is 29.9 Å². The van der Waals surface area contributed by atoms with Gasteiger partial charge in [0.25, 0.3) is 5.91 Å². The van der Waals surface area contributed by atoms with E-state index < -0.39 is 0 Å². The summed E-state index contributed by atoms with van der Waals surface area (Å²) < 4.78 is 4.19. The number of halogens is 1. The number of amides is 1. The highest BCUT2D eigenvalue weighted by atomic mass is 35.5. The SMILES string of the molecule is CC(C)n1c(CNC(=O)c2cn(C(C)(C)C)nc2-c2ccccc2Cl)n[nH]c1=S. The van der Waals surface area contributed by atoms with Gasteiger partial charge in [-0.2, -0.15) is 10.2 Å². The number of carbonyl (C=O) groups excluding carboxylic acids is 1. The van der Waals surface area contributed by atoms with E-state index in [1.165, 1.54) is 0 Å². The lowest BCUT2D eigenvalue weighted by molar-refractivity contribution is 0.0949. The first kappa shape index (κ1) is 21.3. The number of benzene rings is 1. The second kappa shape index (κ2) is 8.12. The summed E-state index contributed by atoms with van der Waals surface area (Å²) in [6.45, 7) is 10.3. The van der Waals surface area contributed by atoms with Crippen LogP contribution in [0, 0.1) is 4.77 Å². The van der Waals surface area contributed by atoms with Gasteiger partial charge in [0.2, 0.25) is 0 Å². The van der Waals surface area contributed by atoms with Crippen molar-refractivity contribution in [3.05, 3.63) is 51.6 Å². The minimum Gasteiger partial charge on any atom is -0.345 e. The molecule has 0 atom stereocenters. The van der Waals surface area contributed by atoms with Gasteiger partial charge >= 0.3 is 0 Å². The summed E-state index contributed by atoms with van der Waals surface area (Å²) in [6, 6.07) is 7.50. The molecular formula is C20H25ClN6OS. The number of hydrogen-bond acceptors (Lipinski definition) is 4. The Kier molecular flexibility index (Phi) is 5.95. The van der Waals surface area contributed by atoms with Crippen molar-refractivity contribution in [1.29, 1.82) is 0 Å². The molecule has 2 aromatic heterocycles. The maximum Gasteiger partial charge on any atom is 0.255 e. The van der Waals surface area contributed by atoms with E-state index in [-0.39, 0.29) is 24.0 Å². The zero-order valence-corrected chi connectivity index (χ0v) is 18.7. The Morgan fingerprint density at radius 2 is 2.00 bits per heavy atom. The van der Waals surface area contributed by atoms with Gasteiger partial charge in [0, 0.05) is 17.8 Å². The molecule has 0 fully saturated rings. The Balaban J connectivity index is 1.95. The van der Waals surface area contributed by atoms with Crippen molar-refractivity contribution in [2.75, 3.05) is 0 Å². The monoisotopic (exact) mass is 432 g/mol. The van der Waals surface area contributed by atoms with Crippen LogP contribution >= 0.6 is 23.8 Å². The standard InChI is InChI=1S/C20H25ClN6OS/c1-12(2)27-16(23-24-19(27)29)10-22-18(28)14-11-26(20(3,4)5)25-17(14)13-8-6-7-9-15(13)21/h6-9,11-12H,10H2,1-5H3,(H,22,28)(H,24,29). The van der Waals surface area contributed by atoms with Gasteiger partial charge in [-0.3, -0.25) is 14.6 Å². The van der Waals surface area contributed by atoms with Crippen LogP contribution < -0.4 is 5.32 Å². The Morgan fingerprint density at radius 3 is 2.62 bits per heavy atom. The molecular weight excluding hydrogens is 408 g/mol. The van der Waals surface area contributed by atoms with Gasteiger partial charge in [0.15, 0.2) is 10.6 Å². The van der Waals surface area contributed by atoms with Gasteiger partial charge < -0.3 is 9.88 Å². The molecule has 1 amide bonds. The van der Waals surface area contributed by atoms with Crippen LogP contribution in [0.15, 0.2) is 30.5 Å². The molecule has 0 unspecified atom stereocenters. The summed E-state index contributed by atoms with van der Waals surface area (Å²) in [6.07, 6.45) is 1.76. The molecule has 154 valence electrons. The second-order valence-corrected chi connectivity index (χ2v) is 8.87. The fourth-order valence-electron chi connectivity index (χ4n) is 2.99. The molecule has 0 bridgehead atoms. The van der Waals surface area contributed by atoms with Crippen LogP contribution in [-0.4, -0.2) is 30.5 Å². The summed E-state index contributed by atoms with van der Waals surface area (Å²) >= 11 is 11.7. The molecule has 0 spiro atoms. The van der Waals surface area contributed by atoms with Gasteiger partial charge in [-0.15, -0.1) is 0 Å². The van der Waals surface area contributed by atoms with E-state index in [4.69, 9.17) is 23.8 Å². The number of aromatic nitrogens is 5. The Labute approximate surface area is 180 Å². The third-order valence-corrected chi connectivity index (χ3v) is 5.09. The molecule has 29 heavy (non-hydrogen) atoms. The molecule has 0 saturated heterocycles. The number of nitrogens with zero attached hydrogens (tertiary/aromatic N) is 4. The molecule has 7 nitrogen and oxygen atoms in total. The third kappa shape index (κ3) is 4.43. The van der Waals surface area contributed by atoms with Crippen LogP contribution in [0.4, 0.5) is 0 Å². The Bertz CT molecular complexity index is 1090. The average molecular weight is 433 g/mol. The minimum absolute atomic E-state index is 0.135. The molecule has 0 aliphatic heterocycles. The summed E-state index contributed by atoms with van der Waals surface area (Å²) in [5.41, 5.74) is 1.44. The van der Waals surface area contributed by atoms with Gasteiger partial charge in [-0.25, -0.2) is 0 Å². The maximum absolute atomic E-state index is 13.1. The lowest BCUT2D eigenvalue weighted by Gasteiger charge is -2.18. The van der Waals surface area contributed by atoms with Gasteiger partial charge in [-0.1, -0.05) is 29.8 Å². The lowest BCUT2D eigenvalue weighted by atomic mass is 10.1. The molecule has 0 radical (unpaired) electrons. The van der Waals surface area contributed by atoms with Crippen molar-refractivity contribution in [3.63, 3.8) is 0 Å². The molecule has 1 aromatic carbocycles. The third-order valence-electron chi connectivity index (χ3n) is 4.48. The van der Waals surface area contributed by atoms with E-state index in [2.05, 4.69) is 20.6 Å². The predicted octanol–water partition coefficient (Wildman–Crippen LogP) is 4.72. The van der Waals surface area contributed by atoms with E-state index in [0.717, 1.165) is 0 Å². The number of nitrogens with one attached hydrogen (secondary N) is 2. The largest absolute Gasteiger partial charge is 0.345 e. The summed E-state index contributed by atoms with van der Waals surface area (Å²) in [5, 5.41) is 15.2. The van der Waals surface area contributed by atoms with E-state index >= 15 is 0 Å². The first-order chi connectivity index (χ1) is 13.6. The van der Waals surface area contributed by atoms with Crippen molar-refractivity contribution in [2.24, 2.45) is 0 Å². The molecule has 3 rings (SSSR count). The quantitative estimate of drug-likeness (QED) is 0.571. The van der Waals surface area contributed by atoms with E-state index in [1.54, 1.807) is 16.9 Å². The number of H-pyrrole nitrogens is 1. The summed E-state index contributed by atoms with van der Waals surface area (Å²) in [7, 11) is 0. The van der Waals surface area contributed by atoms with Crippen molar-refractivity contribution in [2.45, 2.75) is 52.7 Å². The smallest absolute Gasteiger partial charge is 0.255 e. The molecule has 0 saturated carbocycles. The van der Waals surface area contributed by atoms with Crippen molar-refractivity contribution >= 4 is 29.7 Å². The molecule has 0 aliphatic rings. The molecule has 2 N–H and O–H groups in total. The van der Waals surface area contributed by atoms with Gasteiger partial charge in [-0.05, 0) is 52.9 Å². The zero-order valence-electron chi connectivity index (χ0n) is 17.2. The Morgan fingerprint density at radius 1 is 1.31 bits per heavy atom. The normalized spacial score (nSPS) is 11.8. The fraction of sp³-hybridized carbons (Fsp3) is 0.400. The number of aromatic amines is 1. The first-order valence-electron chi connectivity index (χ1n) is 9.38. The van der Waals surface area contributed by atoms with Crippen LogP contribution in [0.2, 0.25) is 5.02 Å². The highest BCUT2D eigenvalue weighted by molar-refractivity contribution is 7.71. The summed E-state index contributed by atoms with van der Waals surface area (Å²) in [5.74, 6) is 0.417. The average Bonchev–Trinajstić information content (AvgIpc) is 3.24. The van der Waals surface area contributed by atoms with Crippen molar-refractivity contribution in [3.8, 4) is 11.3 Å². The summed E-state index contributed by atoms with van der Waals surface area (Å²) in [4.78, 5) is 13.1. The fourth-order valence-corrected chi connectivity index (χ4v) is 3.57. The van der Waals surface area contributed by atoms with E-state index in [1.807, 2.05) is 57.4 Å². The number of rotatable bonds is 5. The highest BCUT2D eigenvalue weighted by Gasteiger charge is 2.24. The highest BCUT2D eigenvalue weighted by Crippen LogP contribution is 2.30. The zero-order chi connectivity index (χ0) is 21.3. The topological polar surface area (TPSA) is 80.5 Å².